The quantitative estimate of drug-likeness (QED) is 0.648. The van der Waals surface area contributed by atoms with Gasteiger partial charge in [0.15, 0.2) is 0 Å². The summed E-state index contributed by atoms with van der Waals surface area (Å²) in [6.45, 7) is 6.53. The molecule has 106 valence electrons. The molecule has 3 N–H and O–H groups in total. The van der Waals surface area contributed by atoms with Gasteiger partial charge in [0.2, 0.25) is 5.91 Å². The summed E-state index contributed by atoms with van der Waals surface area (Å²) in [5, 5.41) is 16.4. The van der Waals surface area contributed by atoms with Crippen LogP contribution in [0.2, 0.25) is 0 Å². The summed E-state index contributed by atoms with van der Waals surface area (Å²) >= 11 is 0. The minimum absolute atomic E-state index is 0.0327. The highest BCUT2D eigenvalue weighted by molar-refractivity contribution is 5.81. The molecule has 1 rings (SSSR count). The SMILES string of the molecule is CCC(CC)NC(=O)C(C)NCC1(O)CCCC1. The molecule has 0 bridgehead atoms. The van der Waals surface area contributed by atoms with Crippen LogP contribution in [-0.4, -0.2) is 35.2 Å². The Balaban J connectivity index is 2.31. The number of hydrogen-bond acceptors (Lipinski definition) is 3. The van der Waals surface area contributed by atoms with E-state index in [9.17, 15) is 9.90 Å². The first kappa shape index (κ1) is 15.4. The van der Waals surface area contributed by atoms with E-state index >= 15 is 0 Å². The van der Waals surface area contributed by atoms with Gasteiger partial charge in [0, 0.05) is 12.6 Å². The van der Waals surface area contributed by atoms with Crippen LogP contribution >= 0.6 is 0 Å². The van der Waals surface area contributed by atoms with Crippen LogP contribution in [0.25, 0.3) is 0 Å². The van der Waals surface area contributed by atoms with Crippen LogP contribution in [0.15, 0.2) is 0 Å². The maximum absolute atomic E-state index is 11.9. The van der Waals surface area contributed by atoms with Crippen molar-refractivity contribution in [2.75, 3.05) is 6.54 Å². The highest BCUT2D eigenvalue weighted by Crippen LogP contribution is 2.28. The van der Waals surface area contributed by atoms with E-state index in [-0.39, 0.29) is 18.0 Å². The van der Waals surface area contributed by atoms with Crippen molar-refractivity contribution in [3.63, 3.8) is 0 Å². The Morgan fingerprint density at radius 1 is 1.28 bits per heavy atom. The number of aliphatic hydroxyl groups is 1. The van der Waals surface area contributed by atoms with Crippen molar-refractivity contribution in [1.29, 1.82) is 0 Å². The second-order valence-corrected chi connectivity index (χ2v) is 5.56. The zero-order valence-electron chi connectivity index (χ0n) is 12.0. The van der Waals surface area contributed by atoms with Gasteiger partial charge in [-0.15, -0.1) is 0 Å². The van der Waals surface area contributed by atoms with E-state index in [1.807, 2.05) is 6.92 Å². The lowest BCUT2D eigenvalue weighted by Crippen LogP contribution is -2.50. The van der Waals surface area contributed by atoms with Crippen LogP contribution in [-0.2, 0) is 4.79 Å². The fourth-order valence-corrected chi connectivity index (χ4v) is 2.46. The molecule has 1 fully saturated rings. The van der Waals surface area contributed by atoms with Gasteiger partial charge in [-0.25, -0.2) is 0 Å². The Kier molecular flexibility index (Phi) is 6.09. The first-order chi connectivity index (χ1) is 8.50. The van der Waals surface area contributed by atoms with Gasteiger partial charge >= 0.3 is 0 Å². The molecule has 0 aromatic heterocycles. The summed E-state index contributed by atoms with van der Waals surface area (Å²) in [7, 11) is 0. The number of carbonyl (C=O) groups excluding carboxylic acids is 1. The molecule has 4 nitrogen and oxygen atoms in total. The lowest BCUT2D eigenvalue weighted by molar-refractivity contribution is -0.123. The summed E-state index contributed by atoms with van der Waals surface area (Å²) in [6.07, 6.45) is 5.79. The van der Waals surface area contributed by atoms with Gasteiger partial charge in [0.05, 0.1) is 11.6 Å². The van der Waals surface area contributed by atoms with Crippen molar-refractivity contribution < 1.29 is 9.90 Å². The maximum Gasteiger partial charge on any atom is 0.237 e. The molecule has 1 aliphatic carbocycles. The molecule has 1 aliphatic rings. The van der Waals surface area contributed by atoms with E-state index in [1.165, 1.54) is 0 Å². The fourth-order valence-electron chi connectivity index (χ4n) is 2.46. The van der Waals surface area contributed by atoms with E-state index in [4.69, 9.17) is 0 Å². The number of hydrogen-bond donors (Lipinski definition) is 3. The highest BCUT2D eigenvalue weighted by atomic mass is 16.3. The molecule has 1 unspecified atom stereocenters. The Labute approximate surface area is 111 Å². The van der Waals surface area contributed by atoms with Crippen LogP contribution in [0, 0.1) is 0 Å². The van der Waals surface area contributed by atoms with Crippen LogP contribution in [0.3, 0.4) is 0 Å². The minimum Gasteiger partial charge on any atom is -0.389 e. The Hall–Kier alpha value is -0.610. The first-order valence-electron chi connectivity index (χ1n) is 7.27. The van der Waals surface area contributed by atoms with Crippen LogP contribution in [0.4, 0.5) is 0 Å². The number of rotatable bonds is 7. The Morgan fingerprint density at radius 2 is 1.83 bits per heavy atom. The van der Waals surface area contributed by atoms with E-state index < -0.39 is 5.60 Å². The van der Waals surface area contributed by atoms with Gasteiger partial charge in [-0.05, 0) is 32.6 Å². The molecule has 0 radical (unpaired) electrons. The van der Waals surface area contributed by atoms with Crippen LogP contribution in [0.5, 0.6) is 0 Å². The topological polar surface area (TPSA) is 61.4 Å². The second-order valence-electron chi connectivity index (χ2n) is 5.56. The van der Waals surface area contributed by atoms with Gasteiger partial charge in [-0.3, -0.25) is 4.79 Å². The number of carbonyl (C=O) groups is 1. The third-order valence-electron chi connectivity index (χ3n) is 4.00. The molecule has 1 atom stereocenters. The van der Waals surface area contributed by atoms with Crippen LogP contribution in [0.1, 0.15) is 59.3 Å². The molecule has 4 heteroatoms. The summed E-state index contributed by atoms with van der Waals surface area (Å²) in [5.74, 6) is 0.0327. The van der Waals surface area contributed by atoms with E-state index in [0.717, 1.165) is 38.5 Å². The Morgan fingerprint density at radius 3 is 2.33 bits per heavy atom. The normalized spacial score (nSPS) is 20.1. The third-order valence-corrected chi connectivity index (χ3v) is 4.00. The van der Waals surface area contributed by atoms with E-state index in [1.54, 1.807) is 0 Å². The summed E-state index contributed by atoms with van der Waals surface area (Å²) in [5.41, 5.74) is -0.594. The zero-order valence-corrected chi connectivity index (χ0v) is 12.0. The van der Waals surface area contributed by atoms with Crippen molar-refractivity contribution in [2.45, 2.75) is 77.0 Å². The molecule has 0 aromatic carbocycles. The average molecular weight is 256 g/mol. The largest absolute Gasteiger partial charge is 0.389 e. The predicted molar refractivity (Wildman–Crippen MR) is 73.4 cm³/mol. The van der Waals surface area contributed by atoms with Gasteiger partial charge in [-0.2, -0.15) is 0 Å². The molecule has 0 heterocycles. The molecule has 0 saturated heterocycles. The second kappa shape index (κ2) is 7.10. The number of nitrogens with one attached hydrogen (secondary N) is 2. The van der Waals surface area contributed by atoms with Gasteiger partial charge in [0.1, 0.15) is 0 Å². The summed E-state index contributed by atoms with van der Waals surface area (Å²) in [4.78, 5) is 11.9. The molecule has 1 saturated carbocycles. The summed E-state index contributed by atoms with van der Waals surface area (Å²) < 4.78 is 0. The molecular formula is C14H28N2O2. The predicted octanol–water partition coefficient (Wildman–Crippen LogP) is 1.57. The number of amides is 1. The molecule has 0 aromatic rings. The average Bonchev–Trinajstić information content (AvgIpc) is 2.80. The van der Waals surface area contributed by atoms with E-state index in [2.05, 4.69) is 24.5 Å². The third kappa shape index (κ3) is 4.58. The van der Waals surface area contributed by atoms with Crippen molar-refractivity contribution in [3.8, 4) is 0 Å². The Bertz CT molecular complexity index is 259. The van der Waals surface area contributed by atoms with Crippen molar-refractivity contribution in [1.82, 2.24) is 10.6 Å². The molecular weight excluding hydrogens is 228 g/mol. The molecule has 18 heavy (non-hydrogen) atoms. The molecule has 0 aliphatic heterocycles. The van der Waals surface area contributed by atoms with E-state index in [0.29, 0.717) is 6.54 Å². The lowest BCUT2D eigenvalue weighted by Gasteiger charge is -2.25. The minimum atomic E-state index is -0.594. The molecule has 1 amide bonds. The maximum atomic E-state index is 11.9. The molecule has 0 spiro atoms. The van der Waals surface area contributed by atoms with Gasteiger partial charge < -0.3 is 15.7 Å². The van der Waals surface area contributed by atoms with Crippen LogP contribution < -0.4 is 10.6 Å². The monoisotopic (exact) mass is 256 g/mol. The zero-order chi connectivity index (χ0) is 13.6. The fraction of sp³-hybridized carbons (Fsp3) is 0.929. The van der Waals surface area contributed by atoms with Crippen molar-refractivity contribution in [2.24, 2.45) is 0 Å². The van der Waals surface area contributed by atoms with Gasteiger partial charge in [0.25, 0.3) is 0 Å². The first-order valence-corrected chi connectivity index (χ1v) is 7.27. The van der Waals surface area contributed by atoms with Crippen molar-refractivity contribution >= 4 is 5.91 Å². The smallest absolute Gasteiger partial charge is 0.237 e. The highest BCUT2D eigenvalue weighted by Gasteiger charge is 2.31. The standard InChI is InChI=1S/C14H28N2O2/c1-4-12(5-2)16-13(17)11(3)15-10-14(18)8-6-7-9-14/h11-12,15,18H,4-10H2,1-3H3,(H,16,17). The van der Waals surface area contributed by atoms with Gasteiger partial charge in [-0.1, -0.05) is 26.7 Å². The lowest BCUT2D eigenvalue weighted by atomic mass is 10.0. The van der Waals surface area contributed by atoms with Crippen molar-refractivity contribution in [3.05, 3.63) is 0 Å². The summed E-state index contributed by atoms with van der Waals surface area (Å²) in [6, 6.07) is 0.0199.